The summed E-state index contributed by atoms with van der Waals surface area (Å²) in [4.78, 5) is 15.2. The van der Waals surface area contributed by atoms with E-state index in [1.54, 1.807) is 0 Å². The third kappa shape index (κ3) is 4.13. The van der Waals surface area contributed by atoms with Crippen molar-refractivity contribution < 1.29 is 0 Å². The monoisotopic (exact) mass is 501 g/mol. The molecule has 0 unspecified atom stereocenters. The second-order valence-corrected chi connectivity index (χ2v) is 10.3. The summed E-state index contributed by atoms with van der Waals surface area (Å²) < 4.78 is 0. The van der Waals surface area contributed by atoms with Crippen molar-refractivity contribution in [3.8, 4) is 33.8 Å². The van der Waals surface area contributed by atoms with Gasteiger partial charge >= 0.3 is 0 Å². The van der Waals surface area contributed by atoms with E-state index in [0.29, 0.717) is 0 Å². The number of rotatable bonds is 3. The molecule has 0 aliphatic heterocycles. The highest BCUT2D eigenvalue weighted by Crippen LogP contribution is 2.35. The summed E-state index contributed by atoms with van der Waals surface area (Å²) in [6.07, 6.45) is 0. The van der Waals surface area contributed by atoms with Crippen molar-refractivity contribution in [2.24, 2.45) is 0 Å². The van der Waals surface area contributed by atoms with Gasteiger partial charge in [-0.2, -0.15) is 0 Å². The van der Waals surface area contributed by atoms with Gasteiger partial charge in [0.15, 0.2) is 0 Å². The minimum Gasteiger partial charge on any atom is -0.248 e. The predicted octanol–water partition coefficient (Wildman–Crippen LogP) is 9.26. The van der Waals surface area contributed by atoms with Crippen LogP contribution in [0.2, 0.25) is 0 Å². The topological polar surface area (TPSA) is 38.7 Å². The van der Waals surface area contributed by atoms with E-state index in [0.717, 1.165) is 50.3 Å². The minimum atomic E-state index is 0.948. The van der Waals surface area contributed by atoms with Crippen molar-refractivity contribution >= 4 is 32.7 Å². The standard InChI is InChI=1S/C36H27N3/c1-22-16-34(37-31-13-7-4-10-28(22)31)25-19-26(35-17-23(2)29-11-5-8-14-32(29)38-35)21-27(20-25)36-18-24(3)30-12-6-9-15-33(30)39-36/h4-21H,1-3H3. The van der Waals surface area contributed by atoms with Gasteiger partial charge in [-0.25, -0.2) is 15.0 Å². The van der Waals surface area contributed by atoms with Crippen LogP contribution in [-0.4, -0.2) is 15.0 Å². The molecule has 186 valence electrons. The summed E-state index contributed by atoms with van der Waals surface area (Å²) in [7, 11) is 0. The molecule has 0 fully saturated rings. The van der Waals surface area contributed by atoms with Crippen molar-refractivity contribution in [1.82, 2.24) is 15.0 Å². The van der Waals surface area contributed by atoms with E-state index < -0.39 is 0 Å². The number of aryl methyl sites for hydroxylation is 3. The van der Waals surface area contributed by atoms with Gasteiger partial charge in [-0.1, -0.05) is 54.6 Å². The van der Waals surface area contributed by atoms with Gasteiger partial charge in [0.25, 0.3) is 0 Å². The van der Waals surface area contributed by atoms with Gasteiger partial charge < -0.3 is 0 Å². The maximum Gasteiger partial charge on any atom is 0.0712 e. The van der Waals surface area contributed by atoms with E-state index in [1.807, 2.05) is 18.2 Å². The molecule has 7 rings (SSSR count). The highest BCUT2D eigenvalue weighted by atomic mass is 14.7. The second kappa shape index (κ2) is 9.14. The molecule has 3 nitrogen and oxygen atoms in total. The normalized spacial score (nSPS) is 11.5. The zero-order valence-electron chi connectivity index (χ0n) is 22.2. The number of pyridine rings is 3. The molecule has 0 saturated heterocycles. The van der Waals surface area contributed by atoms with E-state index in [4.69, 9.17) is 15.0 Å². The Kier molecular flexibility index (Phi) is 5.45. The minimum absolute atomic E-state index is 0.948. The van der Waals surface area contributed by atoms with E-state index in [9.17, 15) is 0 Å². The zero-order valence-corrected chi connectivity index (χ0v) is 22.2. The van der Waals surface area contributed by atoms with Gasteiger partial charge in [0.2, 0.25) is 0 Å². The molecule has 0 amide bonds. The van der Waals surface area contributed by atoms with E-state index in [1.165, 1.54) is 32.8 Å². The second-order valence-electron chi connectivity index (χ2n) is 10.3. The van der Waals surface area contributed by atoms with E-state index >= 15 is 0 Å². The molecule has 0 bridgehead atoms. The Morgan fingerprint density at radius 1 is 0.359 bits per heavy atom. The molecule has 0 atom stereocenters. The highest BCUT2D eigenvalue weighted by molar-refractivity contribution is 5.90. The molecule has 3 aromatic heterocycles. The molecule has 0 aliphatic carbocycles. The van der Waals surface area contributed by atoms with Gasteiger partial charge in [0.05, 0.1) is 33.6 Å². The highest BCUT2D eigenvalue weighted by Gasteiger charge is 2.14. The fourth-order valence-corrected chi connectivity index (χ4v) is 5.56. The van der Waals surface area contributed by atoms with Crippen molar-refractivity contribution in [1.29, 1.82) is 0 Å². The summed E-state index contributed by atoms with van der Waals surface area (Å²) in [6, 6.07) is 38.2. The van der Waals surface area contributed by atoms with Crippen LogP contribution >= 0.6 is 0 Å². The number of hydrogen-bond acceptors (Lipinski definition) is 3. The SMILES string of the molecule is Cc1cc(-c2cc(-c3cc(C)c4ccccc4n3)cc(-c3cc(C)c4ccccc4n3)c2)nc2ccccc12. The van der Waals surface area contributed by atoms with Crippen LogP contribution < -0.4 is 0 Å². The van der Waals surface area contributed by atoms with E-state index in [2.05, 4.69) is 112 Å². The summed E-state index contributed by atoms with van der Waals surface area (Å²) in [6.45, 7) is 6.46. The first-order valence-corrected chi connectivity index (χ1v) is 13.3. The Hall–Kier alpha value is -4.89. The van der Waals surface area contributed by atoms with Crippen LogP contribution in [0.15, 0.2) is 109 Å². The Balaban J connectivity index is 1.49. The van der Waals surface area contributed by atoms with Gasteiger partial charge in [-0.15, -0.1) is 0 Å². The lowest BCUT2D eigenvalue weighted by molar-refractivity contribution is 1.33. The molecule has 3 heterocycles. The van der Waals surface area contributed by atoms with Gasteiger partial charge in [0, 0.05) is 32.8 Å². The Labute approximate surface area is 227 Å². The number of para-hydroxylation sites is 3. The Morgan fingerprint density at radius 3 is 0.949 bits per heavy atom. The van der Waals surface area contributed by atoms with Crippen molar-refractivity contribution in [3.05, 3.63) is 126 Å². The quantitative estimate of drug-likeness (QED) is 0.242. The molecule has 0 N–H and O–H groups in total. The van der Waals surface area contributed by atoms with Crippen molar-refractivity contribution in [3.63, 3.8) is 0 Å². The van der Waals surface area contributed by atoms with Gasteiger partial charge in [-0.05, 0) is 92.1 Å². The molecular weight excluding hydrogens is 474 g/mol. The summed E-state index contributed by atoms with van der Waals surface area (Å²) >= 11 is 0. The number of nitrogens with zero attached hydrogens (tertiary/aromatic N) is 3. The lowest BCUT2D eigenvalue weighted by Crippen LogP contribution is -1.94. The number of aromatic nitrogens is 3. The number of hydrogen-bond donors (Lipinski definition) is 0. The summed E-state index contributed by atoms with van der Waals surface area (Å²) in [5, 5.41) is 3.53. The van der Waals surface area contributed by atoms with Crippen LogP contribution in [0.1, 0.15) is 16.7 Å². The summed E-state index contributed by atoms with van der Waals surface area (Å²) in [5.41, 5.74) is 12.6. The predicted molar refractivity (Wildman–Crippen MR) is 163 cm³/mol. The number of fused-ring (bicyclic) bond motifs is 3. The maximum absolute atomic E-state index is 5.07. The lowest BCUT2D eigenvalue weighted by atomic mass is 9.96. The molecule has 0 saturated carbocycles. The van der Waals surface area contributed by atoms with Crippen LogP contribution in [-0.2, 0) is 0 Å². The molecule has 0 aliphatic rings. The third-order valence-corrected chi connectivity index (χ3v) is 7.59. The third-order valence-electron chi connectivity index (χ3n) is 7.59. The molecule has 3 heteroatoms. The largest absolute Gasteiger partial charge is 0.248 e. The molecule has 0 radical (unpaired) electrons. The average molecular weight is 502 g/mol. The number of benzene rings is 4. The van der Waals surface area contributed by atoms with Gasteiger partial charge in [0.1, 0.15) is 0 Å². The maximum atomic E-state index is 5.07. The first-order valence-electron chi connectivity index (χ1n) is 13.3. The van der Waals surface area contributed by atoms with Crippen LogP contribution in [0.4, 0.5) is 0 Å². The fraction of sp³-hybridized carbons (Fsp3) is 0.0833. The van der Waals surface area contributed by atoms with Gasteiger partial charge in [-0.3, -0.25) is 0 Å². The molecular formula is C36H27N3. The molecule has 4 aromatic carbocycles. The van der Waals surface area contributed by atoms with Crippen LogP contribution in [0, 0.1) is 20.8 Å². The zero-order chi connectivity index (χ0) is 26.5. The summed E-state index contributed by atoms with van der Waals surface area (Å²) in [5.74, 6) is 0. The average Bonchev–Trinajstić information content (AvgIpc) is 2.97. The van der Waals surface area contributed by atoms with Crippen molar-refractivity contribution in [2.45, 2.75) is 20.8 Å². The first kappa shape index (κ1) is 23.2. The van der Waals surface area contributed by atoms with Crippen molar-refractivity contribution in [2.75, 3.05) is 0 Å². The van der Waals surface area contributed by atoms with Crippen LogP contribution in [0.25, 0.3) is 66.5 Å². The van der Waals surface area contributed by atoms with E-state index in [-0.39, 0.29) is 0 Å². The van der Waals surface area contributed by atoms with Crippen LogP contribution in [0.5, 0.6) is 0 Å². The molecule has 7 aromatic rings. The first-order chi connectivity index (χ1) is 19.0. The molecule has 39 heavy (non-hydrogen) atoms. The Morgan fingerprint density at radius 2 is 0.641 bits per heavy atom. The van der Waals surface area contributed by atoms with Crippen LogP contribution in [0.3, 0.4) is 0 Å². The smallest absolute Gasteiger partial charge is 0.0712 e. The fourth-order valence-electron chi connectivity index (χ4n) is 5.56. The molecule has 0 spiro atoms. The lowest BCUT2D eigenvalue weighted by Gasteiger charge is -2.14. The Bertz CT molecular complexity index is 1810.